The molecule has 0 saturated carbocycles. The number of aromatic nitrogens is 2. The zero-order chi connectivity index (χ0) is 18.8. The van der Waals surface area contributed by atoms with Crippen molar-refractivity contribution in [2.45, 2.75) is 6.54 Å². The van der Waals surface area contributed by atoms with Crippen molar-refractivity contribution in [3.8, 4) is 11.1 Å². The lowest BCUT2D eigenvalue weighted by molar-refractivity contribution is -0.116. The summed E-state index contributed by atoms with van der Waals surface area (Å²) < 4.78 is 1.31. The summed E-state index contributed by atoms with van der Waals surface area (Å²) in [4.78, 5) is 30.3. The van der Waals surface area contributed by atoms with E-state index in [1.807, 2.05) is 35.7 Å². The van der Waals surface area contributed by atoms with Crippen LogP contribution in [0, 0.1) is 0 Å². The van der Waals surface area contributed by atoms with Crippen LogP contribution in [-0.4, -0.2) is 15.5 Å². The Bertz CT molecular complexity index is 1180. The molecular weight excluding hydrogens is 382 g/mol. The van der Waals surface area contributed by atoms with E-state index in [9.17, 15) is 9.59 Å². The molecule has 2 heterocycles. The quantitative estimate of drug-likeness (QED) is 0.556. The lowest BCUT2D eigenvalue weighted by Crippen LogP contribution is -2.27. The molecule has 4 rings (SSSR count). The van der Waals surface area contributed by atoms with E-state index in [0.29, 0.717) is 20.9 Å². The SMILES string of the molecule is O=C(Cn1cnc2scc(-c3ccccc3)c2c1=O)Nc1ccccc1Cl. The summed E-state index contributed by atoms with van der Waals surface area (Å²) in [6.07, 6.45) is 1.40. The zero-order valence-corrected chi connectivity index (χ0v) is 15.6. The number of hydrogen-bond donors (Lipinski definition) is 1. The molecule has 0 radical (unpaired) electrons. The van der Waals surface area contributed by atoms with Crippen LogP contribution in [0.3, 0.4) is 0 Å². The Balaban J connectivity index is 1.67. The van der Waals surface area contributed by atoms with Gasteiger partial charge in [0.1, 0.15) is 11.4 Å². The van der Waals surface area contributed by atoms with E-state index in [0.717, 1.165) is 11.1 Å². The van der Waals surface area contributed by atoms with Crippen LogP contribution in [0.4, 0.5) is 5.69 Å². The number of benzene rings is 2. The van der Waals surface area contributed by atoms with Crippen molar-refractivity contribution in [1.29, 1.82) is 0 Å². The van der Waals surface area contributed by atoms with E-state index in [1.165, 1.54) is 22.2 Å². The molecule has 0 fully saturated rings. The molecule has 2 aromatic heterocycles. The second kappa shape index (κ2) is 7.34. The number of fused-ring (bicyclic) bond motifs is 1. The number of thiophene rings is 1. The third-order valence-electron chi connectivity index (χ3n) is 4.11. The summed E-state index contributed by atoms with van der Waals surface area (Å²) >= 11 is 7.47. The zero-order valence-electron chi connectivity index (χ0n) is 14.1. The van der Waals surface area contributed by atoms with Gasteiger partial charge in [0.2, 0.25) is 5.91 Å². The third kappa shape index (κ3) is 3.49. The second-order valence-electron chi connectivity index (χ2n) is 5.90. The lowest BCUT2D eigenvalue weighted by atomic mass is 10.1. The molecule has 4 aromatic rings. The molecule has 7 heteroatoms. The Morgan fingerprint density at radius 1 is 1.11 bits per heavy atom. The molecular formula is C20H14ClN3O2S. The fourth-order valence-corrected chi connectivity index (χ4v) is 3.91. The molecule has 2 aromatic carbocycles. The third-order valence-corrected chi connectivity index (χ3v) is 5.32. The maximum absolute atomic E-state index is 13.0. The molecule has 0 aliphatic carbocycles. The fraction of sp³-hybridized carbons (Fsp3) is 0.0500. The standard InChI is InChI=1S/C20H14ClN3O2S/c21-15-8-4-5-9-16(15)23-17(25)10-24-12-22-19-18(20(24)26)14(11-27-19)13-6-2-1-3-7-13/h1-9,11-12H,10H2,(H,23,25). The van der Waals surface area contributed by atoms with Gasteiger partial charge in [-0.05, 0) is 17.7 Å². The van der Waals surface area contributed by atoms with Gasteiger partial charge in [0, 0.05) is 10.9 Å². The molecule has 134 valence electrons. The molecule has 5 nitrogen and oxygen atoms in total. The topological polar surface area (TPSA) is 64.0 Å². The molecule has 0 aliphatic rings. The van der Waals surface area contributed by atoms with Crippen molar-refractivity contribution in [1.82, 2.24) is 9.55 Å². The first-order valence-electron chi connectivity index (χ1n) is 8.20. The molecule has 0 saturated heterocycles. The monoisotopic (exact) mass is 395 g/mol. The minimum Gasteiger partial charge on any atom is -0.323 e. The molecule has 0 aliphatic heterocycles. The van der Waals surface area contributed by atoms with Gasteiger partial charge in [0.05, 0.1) is 22.4 Å². The van der Waals surface area contributed by atoms with E-state index < -0.39 is 0 Å². The van der Waals surface area contributed by atoms with Crippen LogP contribution in [0.25, 0.3) is 21.3 Å². The van der Waals surface area contributed by atoms with Crippen LogP contribution in [0.15, 0.2) is 71.1 Å². The van der Waals surface area contributed by atoms with Gasteiger partial charge in [-0.3, -0.25) is 14.2 Å². The van der Waals surface area contributed by atoms with Crippen LogP contribution >= 0.6 is 22.9 Å². The average molecular weight is 396 g/mol. The van der Waals surface area contributed by atoms with Crippen molar-refractivity contribution < 1.29 is 4.79 Å². The number of para-hydroxylation sites is 1. The number of hydrogen-bond acceptors (Lipinski definition) is 4. The van der Waals surface area contributed by atoms with Gasteiger partial charge in [-0.25, -0.2) is 4.98 Å². The Hall–Kier alpha value is -2.96. The number of halogens is 1. The first-order valence-corrected chi connectivity index (χ1v) is 9.45. The van der Waals surface area contributed by atoms with Crippen LogP contribution in [0.5, 0.6) is 0 Å². The first kappa shape index (κ1) is 17.5. The molecule has 0 atom stereocenters. The van der Waals surface area contributed by atoms with Gasteiger partial charge in [0.15, 0.2) is 0 Å². The van der Waals surface area contributed by atoms with Crippen LogP contribution < -0.4 is 10.9 Å². The molecule has 0 spiro atoms. The first-order chi connectivity index (χ1) is 13.1. The molecule has 1 N–H and O–H groups in total. The maximum Gasteiger partial charge on any atom is 0.263 e. The van der Waals surface area contributed by atoms with Gasteiger partial charge in [-0.15, -0.1) is 11.3 Å². The summed E-state index contributed by atoms with van der Waals surface area (Å²) in [6, 6.07) is 16.6. The summed E-state index contributed by atoms with van der Waals surface area (Å²) in [6.45, 7) is -0.142. The highest BCUT2D eigenvalue weighted by atomic mass is 35.5. The van der Waals surface area contributed by atoms with Crippen molar-refractivity contribution in [3.05, 3.63) is 81.7 Å². The highest BCUT2D eigenvalue weighted by Gasteiger charge is 2.15. The average Bonchev–Trinajstić information content (AvgIpc) is 3.11. The number of anilines is 1. The number of nitrogens with one attached hydrogen (secondary N) is 1. The highest BCUT2D eigenvalue weighted by molar-refractivity contribution is 7.17. The Morgan fingerprint density at radius 3 is 2.63 bits per heavy atom. The van der Waals surface area contributed by atoms with Crippen LogP contribution in [0.1, 0.15) is 0 Å². The molecule has 0 bridgehead atoms. The Morgan fingerprint density at radius 2 is 1.85 bits per heavy atom. The largest absolute Gasteiger partial charge is 0.323 e. The number of amides is 1. The van der Waals surface area contributed by atoms with Crippen molar-refractivity contribution in [2.24, 2.45) is 0 Å². The molecule has 27 heavy (non-hydrogen) atoms. The van der Waals surface area contributed by atoms with Gasteiger partial charge in [0.25, 0.3) is 5.56 Å². The smallest absolute Gasteiger partial charge is 0.263 e. The number of carbonyl (C=O) groups is 1. The predicted octanol–water partition coefficient (Wildman–Crippen LogP) is 4.42. The number of rotatable bonds is 4. The lowest BCUT2D eigenvalue weighted by Gasteiger charge is -2.09. The summed E-state index contributed by atoms with van der Waals surface area (Å²) in [5.41, 5.74) is 2.04. The van der Waals surface area contributed by atoms with Crippen LogP contribution in [-0.2, 0) is 11.3 Å². The maximum atomic E-state index is 13.0. The van der Waals surface area contributed by atoms with Gasteiger partial charge < -0.3 is 5.32 Å². The minimum absolute atomic E-state index is 0.142. The summed E-state index contributed by atoms with van der Waals surface area (Å²) in [5, 5.41) is 5.61. The van der Waals surface area contributed by atoms with E-state index in [1.54, 1.807) is 24.3 Å². The number of nitrogens with zero attached hydrogens (tertiary/aromatic N) is 2. The minimum atomic E-state index is -0.345. The highest BCUT2D eigenvalue weighted by Crippen LogP contribution is 2.30. The normalized spacial score (nSPS) is 10.9. The summed E-state index contributed by atoms with van der Waals surface area (Å²) in [5.74, 6) is -0.345. The van der Waals surface area contributed by atoms with E-state index in [-0.39, 0.29) is 18.0 Å². The van der Waals surface area contributed by atoms with E-state index >= 15 is 0 Å². The van der Waals surface area contributed by atoms with E-state index in [2.05, 4.69) is 10.3 Å². The van der Waals surface area contributed by atoms with Crippen molar-refractivity contribution in [2.75, 3.05) is 5.32 Å². The van der Waals surface area contributed by atoms with Crippen molar-refractivity contribution in [3.63, 3.8) is 0 Å². The van der Waals surface area contributed by atoms with Gasteiger partial charge in [-0.2, -0.15) is 0 Å². The van der Waals surface area contributed by atoms with Gasteiger partial charge in [-0.1, -0.05) is 54.1 Å². The second-order valence-corrected chi connectivity index (χ2v) is 7.17. The molecule has 0 unspecified atom stereocenters. The van der Waals surface area contributed by atoms with Gasteiger partial charge >= 0.3 is 0 Å². The number of carbonyl (C=O) groups excluding carboxylic acids is 1. The Labute approximate surface area is 163 Å². The Kier molecular flexibility index (Phi) is 4.75. The van der Waals surface area contributed by atoms with Crippen LogP contribution in [0.2, 0.25) is 5.02 Å². The van der Waals surface area contributed by atoms with Crippen molar-refractivity contribution >= 4 is 44.7 Å². The summed E-state index contributed by atoms with van der Waals surface area (Å²) in [7, 11) is 0. The van der Waals surface area contributed by atoms with E-state index in [4.69, 9.17) is 11.6 Å². The fourth-order valence-electron chi connectivity index (χ4n) is 2.82. The predicted molar refractivity (Wildman–Crippen MR) is 109 cm³/mol. The molecule has 1 amide bonds.